The molecule has 65 heavy (non-hydrogen) atoms. The highest BCUT2D eigenvalue weighted by Crippen LogP contribution is 2.51. The largest absolute Gasteiger partial charge is 0.436 e. The molecular formula is C63H41NO. The van der Waals surface area contributed by atoms with Crippen LogP contribution in [0.15, 0.2) is 253 Å². The SMILES string of the molecule is c1ccc(-c2cc(-c3ccc(-c4ccc(-c5c6ccccc6c(-c6nc7ccccc7o6)c6ccccc56)cc4)cc3)c(-c3ccccc3)c(-c3ccccc3)c2-c2ccccc2)cc1. The fourth-order valence-electron chi connectivity index (χ4n) is 9.78. The Morgan fingerprint density at radius 3 is 1.06 bits per heavy atom. The molecular weight excluding hydrogens is 787 g/mol. The molecule has 11 aromatic carbocycles. The van der Waals surface area contributed by atoms with Crippen molar-refractivity contribution in [3.8, 4) is 89.3 Å². The minimum absolute atomic E-state index is 0.638. The highest BCUT2D eigenvalue weighted by atomic mass is 16.3. The zero-order valence-electron chi connectivity index (χ0n) is 35.5. The summed E-state index contributed by atoms with van der Waals surface area (Å²) in [5.41, 5.74) is 19.3. The lowest BCUT2D eigenvalue weighted by molar-refractivity contribution is 0.621. The highest BCUT2D eigenvalue weighted by molar-refractivity contribution is 6.21. The van der Waals surface area contributed by atoms with Gasteiger partial charge in [-0.1, -0.05) is 231 Å². The van der Waals surface area contributed by atoms with Gasteiger partial charge in [0, 0.05) is 0 Å². The standard InChI is InChI=1S/C63H41NO/c1-5-19-44(20-6-1)54-41-55(60(47-23-9-3-10-24-47)61(48-25-11-4-12-26-48)59(54)46-21-7-2-8-22-46)45-37-33-42(34-38-45)43-35-39-49(40-36-43)58-50-27-13-15-29-52(50)62(53-30-16-14-28-51(53)58)63-64-56-31-17-18-32-57(56)65-63/h1-41H. The molecule has 0 fully saturated rings. The third kappa shape index (κ3) is 6.80. The number of aromatic nitrogens is 1. The van der Waals surface area contributed by atoms with Crippen molar-refractivity contribution in [3.05, 3.63) is 249 Å². The number of benzene rings is 11. The topological polar surface area (TPSA) is 26.0 Å². The number of hydrogen-bond donors (Lipinski definition) is 0. The lowest BCUT2D eigenvalue weighted by Gasteiger charge is -2.24. The molecule has 0 radical (unpaired) electrons. The second-order valence-electron chi connectivity index (χ2n) is 16.5. The smallest absolute Gasteiger partial charge is 0.228 e. The maximum absolute atomic E-state index is 6.41. The van der Waals surface area contributed by atoms with Gasteiger partial charge >= 0.3 is 0 Å². The Hall–Kier alpha value is -8.59. The first-order chi connectivity index (χ1) is 32.3. The van der Waals surface area contributed by atoms with E-state index in [1.807, 2.05) is 24.3 Å². The minimum Gasteiger partial charge on any atom is -0.436 e. The molecule has 0 spiro atoms. The van der Waals surface area contributed by atoms with E-state index in [0.717, 1.165) is 60.5 Å². The predicted molar refractivity (Wildman–Crippen MR) is 273 cm³/mol. The minimum atomic E-state index is 0.638. The van der Waals surface area contributed by atoms with Crippen LogP contribution in [0.4, 0.5) is 0 Å². The van der Waals surface area contributed by atoms with Crippen LogP contribution < -0.4 is 0 Å². The van der Waals surface area contributed by atoms with Crippen molar-refractivity contribution in [1.82, 2.24) is 4.98 Å². The summed E-state index contributed by atoms with van der Waals surface area (Å²) >= 11 is 0. The van der Waals surface area contributed by atoms with Crippen LogP contribution in [-0.4, -0.2) is 4.98 Å². The van der Waals surface area contributed by atoms with Crippen molar-refractivity contribution < 1.29 is 4.42 Å². The summed E-state index contributed by atoms with van der Waals surface area (Å²) in [6.45, 7) is 0. The van der Waals surface area contributed by atoms with Crippen LogP contribution in [0.25, 0.3) is 122 Å². The number of para-hydroxylation sites is 2. The Balaban J connectivity index is 0.992. The van der Waals surface area contributed by atoms with E-state index in [1.165, 1.54) is 55.6 Å². The third-order valence-electron chi connectivity index (χ3n) is 12.7. The van der Waals surface area contributed by atoms with E-state index in [1.54, 1.807) is 0 Å². The summed E-state index contributed by atoms with van der Waals surface area (Å²) in [4.78, 5) is 4.96. The molecule has 1 heterocycles. The van der Waals surface area contributed by atoms with Gasteiger partial charge in [0.05, 0.1) is 5.56 Å². The Kier molecular flexibility index (Phi) is 9.54. The van der Waals surface area contributed by atoms with Gasteiger partial charge in [-0.15, -0.1) is 0 Å². The van der Waals surface area contributed by atoms with E-state index in [4.69, 9.17) is 9.40 Å². The molecule has 0 atom stereocenters. The van der Waals surface area contributed by atoms with E-state index >= 15 is 0 Å². The Labute approximate surface area is 378 Å². The molecule has 0 N–H and O–H groups in total. The van der Waals surface area contributed by atoms with Crippen LogP contribution in [0, 0.1) is 0 Å². The number of hydrogen-bond acceptors (Lipinski definition) is 2. The fourth-order valence-corrected chi connectivity index (χ4v) is 9.78. The third-order valence-corrected chi connectivity index (χ3v) is 12.7. The Morgan fingerprint density at radius 1 is 0.246 bits per heavy atom. The second kappa shape index (κ2) is 16.3. The first-order valence-corrected chi connectivity index (χ1v) is 22.2. The van der Waals surface area contributed by atoms with Gasteiger partial charge in [0.1, 0.15) is 5.52 Å². The molecule has 2 heteroatoms. The van der Waals surface area contributed by atoms with Crippen molar-refractivity contribution >= 4 is 32.6 Å². The average molecular weight is 828 g/mol. The predicted octanol–water partition coefficient (Wildman–Crippen LogP) is 17.5. The van der Waals surface area contributed by atoms with Gasteiger partial charge < -0.3 is 4.42 Å². The van der Waals surface area contributed by atoms with Crippen LogP contribution in [-0.2, 0) is 0 Å². The number of rotatable bonds is 8. The Bertz CT molecular complexity index is 3560. The summed E-state index contributed by atoms with van der Waals surface area (Å²) in [5, 5.41) is 4.56. The Morgan fingerprint density at radius 2 is 0.585 bits per heavy atom. The molecule has 0 unspecified atom stereocenters. The van der Waals surface area contributed by atoms with Gasteiger partial charge in [-0.25, -0.2) is 4.98 Å². The quantitative estimate of drug-likeness (QED) is 0.143. The molecule has 0 aliphatic rings. The maximum Gasteiger partial charge on any atom is 0.228 e. The molecule has 0 aliphatic carbocycles. The van der Waals surface area contributed by atoms with Gasteiger partial charge in [0.15, 0.2) is 5.58 Å². The fraction of sp³-hybridized carbons (Fsp3) is 0. The molecule has 0 aliphatic heterocycles. The maximum atomic E-state index is 6.41. The van der Waals surface area contributed by atoms with Crippen molar-refractivity contribution in [2.24, 2.45) is 0 Å². The number of fused-ring (bicyclic) bond motifs is 3. The van der Waals surface area contributed by atoms with Crippen molar-refractivity contribution in [2.45, 2.75) is 0 Å². The lowest BCUT2D eigenvalue weighted by atomic mass is 9.79. The molecule has 2 nitrogen and oxygen atoms in total. The normalized spacial score (nSPS) is 11.4. The van der Waals surface area contributed by atoms with Crippen molar-refractivity contribution in [3.63, 3.8) is 0 Å². The zero-order chi connectivity index (χ0) is 43.1. The van der Waals surface area contributed by atoms with E-state index in [-0.39, 0.29) is 0 Å². The first kappa shape index (κ1) is 38.1. The van der Waals surface area contributed by atoms with Gasteiger partial charge in [0.2, 0.25) is 5.89 Å². The van der Waals surface area contributed by atoms with Crippen LogP contribution in [0.1, 0.15) is 0 Å². The highest BCUT2D eigenvalue weighted by Gasteiger charge is 2.24. The van der Waals surface area contributed by atoms with Crippen molar-refractivity contribution in [1.29, 1.82) is 0 Å². The van der Waals surface area contributed by atoms with Crippen LogP contribution in [0.2, 0.25) is 0 Å². The number of nitrogens with zero attached hydrogens (tertiary/aromatic N) is 1. The van der Waals surface area contributed by atoms with E-state index in [0.29, 0.717) is 5.89 Å². The molecule has 0 saturated carbocycles. The summed E-state index contributed by atoms with van der Waals surface area (Å²) in [7, 11) is 0. The monoisotopic (exact) mass is 827 g/mol. The van der Waals surface area contributed by atoms with Crippen LogP contribution in [0.3, 0.4) is 0 Å². The lowest BCUT2D eigenvalue weighted by Crippen LogP contribution is -1.98. The molecule has 0 saturated heterocycles. The summed E-state index contributed by atoms with van der Waals surface area (Å²) in [6, 6.07) is 89.3. The van der Waals surface area contributed by atoms with Crippen LogP contribution >= 0.6 is 0 Å². The van der Waals surface area contributed by atoms with E-state index in [2.05, 4.69) is 224 Å². The van der Waals surface area contributed by atoms with Crippen LogP contribution in [0.5, 0.6) is 0 Å². The van der Waals surface area contributed by atoms with Gasteiger partial charge in [0.25, 0.3) is 0 Å². The van der Waals surface area contributed by atoms with E-state index in [9.17, 15) is 0 Å². The molecule has 0 bridgehead atoms. The van der Waals surface area contributed by atoms with Crippen molar-refractivity contribution in [2.75, 3.05) is 0 Å². The van der Waals surface area contributed by atoms with Gasteiger partial charge in [-0.05, 0) is 118 Å². The first-order valence-electron chi connectivity index (χ1n) is 22.2. The zero-order valence-corrected chi connectivity index (χ0v) is 35.5. The van der Waals surface area contributed by atoms with Gasteiger partial charge in [-0.2, -0.15) is 0 Å². The number of oxazole rings is 1. The molecule has 304 valence electrons. The average Bonchev–Trinajstić information content (AvgIpc) is 3.82. The summed E-state index contributed by atoms with van der Waals surface area (Å²) in [5.74, 6) is 0.638. The van der Waals surface area contributed by atoms with Gasteiger partial charge in [-0.3, -0.25) is 0 Å². The summed E-state index contributed by atoms with van der Waals surface area (Å²) in [6.07, 6.45) is 0. The molecule has 1 aromatic heterocycles. The molecule has 12 rings (SSSR count). The van der Waals surface area contributed by atoms with E-state index < -0.39 is 0 Å². The summed E-state index contributed by atoms with van der Waals surface area (Å²) < 4.78 is 6.41. The molecule has 0 amide bonds. The second-order valence-corrected chi connectivity index (χ2v) is 16.5. The molecule has 12 aromatic rings.